The number of hydrogen-bond donors (Lipinski definition) is 2. The van der Waals surface area contributed by atoms with Crippen LogP contribution < -0.4 is 10.6 Å². The minimum Gasteiger partial charge on any atom is -0.337 e. The molecule has 0 aliphatic rings. The van der Waals surface area contributed by atoms with Crippen molar-refractivity contribution in [2.45, 2.75) is 12.6 Å². The summed E-state index contributed by atoms with van der Waals surface area (Å²) < 4.78 is 39.8. The van der Waals surface area contributed by atoms with Crippen LogP contribution in [0.25, 0.3) is 5.82 Å². The summed E-state index contributed by atoms with van der Waals surface area (Å²) in [4.78, 5) is 20.3. The number of amides is 2. The van der Waals surface area contributed by atoms with Crippen LogP contribution in [0.1, 0.15) is 11.3 Å². The molecule has 140 valence electrons. The van der Waals surface area contributed by atoms with Gasteiger partial charge in [-0.2, -0.15) is 13.2 Å². The molecule has 9 heteroatoms. The molecule has 0 radical (unpaired) electrons. The Kier molecular flexibility index (Phi) is 5.39. The lowest BCUT2D eigenvalue weighted by Gasteiger charge is -2.11. The summed E-state index contributed by atoms with van der Waals surface area (Å²) in [5.41, 5.74) is 0.0175. The number of alkyl halides is 3. The smallest absolute Gasteiger partial charge is 0.337 e. The van der Waals surface area contributed by atoms with Crippen molar-refractivity contribution in [3.8, 4) is 5.82 Å². The molecule has 0 aliphatic carbocycles. The van der Waals surface area contributed by atoms with E-state index in [4.69, 9.17) is 0 Å². The molecule has 0 bridgehead atoms. The van der Waals surface area contributed by atoms with E-state index in [1.54, 1.807) is 23.3 Å². The van der Waals surface area contributed by atoms with Gasteiger partial charge in [0.1, 0.15) is 12.1 Å². The topological polar surface area (TPSA) is 71.8 Å². The fourth-order valence-electron chi connectivity index (χ4n) is 2.40. The van der Waals surface area contributed by atoms with Gasteiger partial charge in [-0.05, 0) is 30.3 Å². The summed E-state index contributed by atoms with van der Waals surface area (Å²) in [5.74, 6) is 0.707. The zero-order valence-electron chi connectivity index (χ0n) is 14.1. The van der Waals surface area contributed by atoms with Crippen LogP contribution in [0.5, 0.6) is 0 Å². The molecule has 0 atom stereocenters. The van der Waals surface area contributed by atoms with Crippen molar-refractivity contribution >= 4 is 11.7 Å². The highest BCUT2D eigenvalue weighted by Crippen LogP contribution is 2.30. The predicted octanol–water partition coefficient (Wildman–Crippen LogP) is 3.65. The first-order valence-corrected chi connectivity index (χ1v) is 8.08. The van der Waals surface area contributed by atoms with Crippen molar-refractivity contribution in [2.24, 2.45) is 0 Å². The minimum absolute atomic E-state index is 0.0718. The fourth-order valence-corrected chi connectivity index (χ4v) is 2.40. The fraction of sp³-hybridized carbons (Fsp3) is 0.167. The Morgan fingerprint density at radius 2 is 1.96 bits per heavy atom. The first-order chi connectivity index (χ1) is 12.9. The molecule has 1 aromatic carbocycles. The third-order valence-electron chi connectivity index (χ3n) is 3.68. The summed E-state index contributed by atoms with van der Waals surface area (Å²) in [6.45, 7) is 0.283. The van der Waals surface area contributed by atoms with Gasteiger partial charge in [-0.1, -0.05) is 12.1 Å². The van der Waals surface area contributed by atoms with Crippen molar-refractivity contribution in [3.05, 3.63) is 72.4 Å². The van der Waals surface area contributed by atoms with Gasteiger partial charge >= 0.3 is 12.2 Å². The third kappa shape index (κ3) is 5.06. The standard InChI is InChI=1S/C18H16F3N5O/c19-18(20,21)13-3-1-5-15(11-13)25-17(27)23-8-7-14-4-2-6-16(24-14)26-10-9-22-12-26/h1-6,9-12H,7-8H2,(H2,23,25,27). The van der Waals surface area contributed by atoms with Gasteiger partial charge in [-0.15, -0.1) is 0 Å². The molecule has 3 rings (SSSR count). The number of carbonyl (C=O) groups excluding carboxylic acids is 1. The molecule has 0 spiro atoms. The van der Waals surface area contributed by atoms with Gasteiger partial charge in [0.05, 0.1) is 5.56 Å². The number of anilines is 1. The van der Waals surface area contributed by atoms with E-state index in [2.05, 4.69) is 20.6 Å². The average Bonchev–Trinajstić information content (AvgIpc) is 3.16. The van der Waals surface area contributed by atoms with E-state index in [-0.39, 0.29) is 12.2 Å². The SMILES string of the molecule is O=C(NCCc1cccc(-n2ccnc2)n1)Nc1cccc(C(F)(F)F)c1. The van der Waals surface area contributed by atoms with Crippen LogP contribution in [0, 0.1) is 0 Å². The van der Waals surface area contributed by atoms with Gasteiger partial charge in [-0.25, -0.2) is 14.8 Å². The number of nitrogens with one attached hydrogen (secondary N) is 2. The molecule has 3 aromatic rings. The molecular weight excluding hydrogens is 359 g/mol. The molecule has 27 heavy (non-hydrogen) atoms. The number of hydrogen-bond acceptors (Lipinski definition) is 3. The molecule has 0 saturated carbocycles. The minimum atomic E-state index is -4.46. The Labute approximate surface area is 153 Å². The van der Waals surface area contributed by atoms with Crippen LogP contribution in [-0.2, 0) is 12.6 Å². The first-order valence-electron chi connectivity index (χ1n) is 8.08. The lowest BCUT2D eigenvalue weighted by atomic mass is 10.2. The van der Waals surface area contributed by atoms with Gasteiger partial charge in [0, 0.05) is 36.7 Å². The summed E-state index contributed by atoms with van der Waals surface area (Å²) >= 11 is 0. The highest BCUT2D eigenvalue weighted by Gasteiger charge is 2.30. The number of imidazole rings is 1. The molecular formula is C18H16F3N5O. The zero-order chi connectivity index (χ0) is 19.3. The van der Waals surface area contributed by atoms with E-state index < -0.39 is 17.8 Å². The molecule has 2 aromatic heterocycles. The monoisotopic (exact) mass is 375 g/mol. The van der Waals surface area contributed by atoms with Crippen molar-refractivity contribution in [3.63, 3.8) is 0 Å². The number of rotatable bonds is 5. The van der Waals surface area contributed by atoms with Gasteiger partial charge in [-0.3, -0.25) is 4.57 Å². The van der Waals surface area contributed by atoms with Crippen LogP contribution in [0.2, 0.25) is 0 Å². The average molecular weight is 375 g/mol. The number of nitrogens with zero attached hydrogens (tertiary/aromatic N) is 3. The number of benzene rings is 1. The van der Waals surface area contributed by atoms with Gasteiger partial charge in [0.15, 0.2) is 0 Å². The quantitative estimate of drug-likeness (QED) is 0.715. The second-order valence-corrected chi connectivity index (χ2v) is 5.67. The first kappa shape index (κ1) is 18.4. The van der Waals surface area contributed by atoms with E-state index in [0.717, 1.165) is 17.8 Å². The Morgan fingerprint density at radius 3 is 2.70 bits per heavy atom. The van der Waals surface area contributed by atoms with E-state index in [9.17, 15) is 18.0 Å². The number of halogens is 3. The van der Waals surface area contributed by atoms with Crippen LogP contribution in [0.15, 0.2) is 61.2 Å². The summed E-state index contributed by atoms with van der Waals surface area (Å²) in [6, 6.07) is 9.39. The number of aromatic nitrogens is 3. The van der Waals surface area contributed by atoms with Crippen molar-refractivity contribution in [1.82, 2.24) is 19.9 Å². The molecule has 6 nitrogen and oxygen atoms in total. The van der Waals surface area contributed by atoms with Gasteiger partial charge in [0.25, 0.3) is 0 Å². The molecule has 2 N–H and O–H groups in total. The molecule has 0 aliphatic heterocycles. The maximum absolute atomic E-state index is 12.7. The summed E-state index contributed by atoms with van der Waals surface area (Å²) in [7, 11) is 0. The van der Waals surface area contributed by atoms with Crippen LogP contribution in [0.4, 0.5) is 23.7 Å². The second kappa shape index (κ2) is 7.90. The Hall–Kier alpha value is -3.36. The van der Waals surface area contributed by atoms with Crippen LogP contribution in [0.3, 0.4) is 0 Å². The molecule has 0 fully saturated rings. The Bertz CT molecular complexity index is 909. The van der Waals surface area contributed by atoms with Crippen molar-refractivity contribution in [1.29, 1.82) is 0 Å². The van der Waals surface area contributed by atoms with E-state index >= 15 is 0 Å². The van der Waals surface area contributed by atoms with E-state index in [1.165, 1.54) is 12.1 Å². The number of carbonyl (C=O) groups is 1. The molecule has 0 saturated heterocycles. The number of urea groups is 1. The maximum atomic E-state index is 12.7. The largest absolute Gasteiger partial charge is 0.416 e. The molecule has 2 heterocycles. The second-order valence-electron chi connectivity index (χ2n) is 5.67. The third-order valence-corrected chi connectivity index (χ3v) is 3.68. The van der Waals surface area contributed by atoms with Gasteiger partial charge < -0.3 is 10.6 Å². The normalized spacial score (nSPS) is 11.2. The lowest BCUT2D eigenvalue weighted by Crippen LogP contribution is -2.30. The van der Waals surface area contributed by atoms with Crippen molar-refractivity contribution < 1.29 is 18.0 Å². The van der Waals surface area contributed by atoms with Crippen LogP contribution in [-0.4, -0.2) is 27.1 Å². The highest BCUT2D eigenvalue weighted by atomic mass is 19.4. The summed E-state index contributed by atoms with van der Waals surface area (Å²) in [6.07, 6.45) is 1.06. The number of pyridine rings is 1. The summed E-state index contributed by atoms with van der Waals surface area (Å²) in [5, 5.41) is 4.99. The van der Waals surface area contributed by atoms with Crippen molar-refractivity contribution in [2.75, 3.05) is 11.9 Å². The van der Waals surface area contributed by atoms with E-state index in [1.807, 2.05) is 18.2 Å². The van der Waals surface area contributed by atoms with Gasteiger partial charge in [0.2, 0.25) is 0 Å². The molecule has 2 amide bonds. The lowest BCUT2D eigenvalue weighted by molar-refractivity contribution is -0.137. The highest BCUT2D eigenvalue weighted by molar-refractivity contribution is 5.89. The predicted molar refractivity (Wildman–Crippen MR) is 93.5 cm³/mol. The molecule has 0 unspecified atom stereocenters. The van der Waals surface area contributed by atoms with E-state index in [0.29, 0.717) is 12.2 Å². The Morgan fingerprint density at radius 1 is 1.15 bits per heavy atom. The van der Waals surface area contributed by atoms with Crippen LogP contribution >= 0.6 is 0 Å². The maximum Gasteiger partial charge on any atom is 0.416 e. The zero-order valence-corrected chi connectivity index (χ0v) is 14.1. The Balaban J connectivity index is 1.52.